The molecule has 0 aromatic carbocycles. The van der Waals surface area contributed by atoms with Crippen LogP contribution in [-0.4, -0.2) is 29.1 Å². The zero-order valence-electron chi connectivity index (χ0n) is 23.3. The highest BCUT2D eigenvalue weighted by Crippen LogP contribution is 2.23. The lowest BCUT2D eigenvalue weighted by atomic mass is 10.0. The molecule has 0 spiro atoms. The monoisotopic (exact) mass is 462 g/mol. The molecule has 2 heteroatoms. The molecule has 0 aromatic heterocycles. The fraction of sp³-hybridized carbons (Fsp3) is 0.935. The van der Waals surface area contributed by atoms with Crippen LogP contribution in [0.3, 0.4) is 0 Å². The van der Waals surface area contributed by atoms with Crippen LogP contribution in [0.15, 0.2) is 12.4 Å². The number of hydrogen-bond donors (Lipinski definition) is 0. The van der Waals surface area contributed by atoms with Gasteiger partial charge in [0.25, 0.3) is 0 Å². The minimum atomic E-state index is 0.643. The minimum absolute atomic E-state index is 0.643. The van der Waals surface area contributed by atoms with E-state index >= 15 is 0 Å². The fourth-order valence-corrected chi connectivity index (χ4v) is 5.30. The Kier molecular flexibility index (Phi) is 21.3. The Balaban J connectivity index is 2.02. The molecule has 1 aliphatic heterocycles. The van der Waals surface area contributed by atoms with Gasteiger partial charge in [0, 0.05) is 25.5 Å². The maximum atomic E-state index is 2.66. The lowest BCUT2D eigenvalue weighted by Gasteiger charge is -2.33. The van der Waals surface area contributed by atoms with Crippen LogP contribution >= 0.6 is 0 Å². The van der Waals surface area contributed by atoms with Crippen LogP contribution in [0.4, 0.5) is 0 Å². The van der Waals surface area contributed by atoms with Crippen molar-refractivity contribution in [3.05, 3.63) is 12.4 Å². The summed E-state index contributed by atoms with van der Waals surface area (Å²) < 4.78 is 0. The predicted molar refractivity (Wildman–Crippen MR) is 150 cm³/mol. The van der Waals surface area contributed by atoms with E-state index in [-0.39, 0.29) is 0 Å². The van der Waals surface area contributed by atoms with Crippen LogP contribution in [0.1, 0.15) is 168 Å². The van der Waals surface area contributed by atoms with Crippen LogP contribution in [-0.2, 0) is 0 Å². The van der Waals surface area contributed by atoms with E-state index in [1.165, 1.54) is 161 Å². The molecule has 0 N–H and O–H groups in total. The normalized spacial score (nSPS) is 15.8. The van der Waals surface area contributed by atoms with Gasteiger partial charge >= 0.3 is 0 Å². The molecule has 1 rings (SSSR count). The van der Waals surface area contributed by atoms with Gasteiger partial charge in [-0.25, -0.2) is 0 Å². The summed E-state index contributed by atoms with van der Waals surface area (Å²) >= 11 is 0. The van der Waals surface area contributed by atoms with Crippen LogP contribution in [0.5, 0.6) is 0 Å². The van der Waals surface area contributed by atoms with Gasteiger partial charge in [0.05, 0.1) is 0 Å². The maximum absolute atomic E-state index is 2.66. The van der Waals surface area contributed by atoms with E-state index in [0.717, 1.165) is 0 Å². The average Bonchev–Trinajstić information content (AvgIpc) is 3.21. The largest absolute Gasteiger partial charge is 0.356 e. The van der Waals surface area contributed by atoms with Crippen LogP contribution < -0.4 is 0 Å². The van der Waals surface area contributed by atoms with E-state index in [9.17, 15) is 0 Å². The Morgan fingerprint density at radius 1 is 0.394 bits per heavy atom. The van der Waals surface area contributed by atoms with Gasteiger partial charge in [-0.3, -0.25) is 0 Å². The van der Waals surface area contributed by atoms with Gasteiger partial charge in [-0.15, -0.1) is 0 Å². The van der Waals surface area contributed by atoms with Gasteiger partial charge in [0.2, 0.25) is 0 Å². The summed E-state index contributed by atoms with van der Waals surface area (Å²) in [5.41, 5.74) is 0. The zero-order chi connectivity index (χ0) is 23.8. The van der Waals surface area contributed by atoms with Gasteiger partial charge in [-0.05, 0) is 25.7 Å². The molecule has 0 saturated carbocycles. The standard InChI is InChI=1S/C31H62N2/c1-4-7-10-12-13-14-15-16-17-18-19-20-21-22-25-28-33-30-29-32(27-24-11-8-5-2)31(33)26-23-9-6-3/h29-31H,4-28H2,1-3H3. The second-order valence-corrected chi connectivity index (χ2v) is 10.8. The predicted octanol–water partition coefficient (Wildman–Crippen LogP) is 10.4. The van der Waals surface area contributed by atoms with Crippen LogP contribution in [0.2, 0.25) is 0 Å². The lowest BCUT2D eigenvalue weighted by Crippen LogP contribution is -2.39. The second-order valence-electron chi connectivity index (χ2n) is 10.8. The molecule has 1 heterocycles. The van der Waals surface area contributed by atoms with Crippen molar-refractivity contribution < 1.29 is 0 Å². The van der Waals surface area contributed by atoms with E-state index in [2.05, 4.69) is 43.0 Å². The van der Waals surface area contributed by atoms with Gasteiger partial charge < -0.3 is 9.80 Å². The quantitative estimate of drug-likeness (QED) is 0.124. The second kappa shape index (κ2) is 23.1. The Labute approximate surface area is 210 Å². The molecule has 1 aliphatic rings. The highest BCUT2D eigenvalue weighted by molar-refractivity contribution is 4.96. The Morgan fingerprint density at radius 3 is 1.09 bits per heavy atom. The van der Waals surface area contributed by atoms with Crippen molar-refractivity contribution >= 4 is 0 Å². The maximum Gasteiger partial charge on any atom is 0.101 e. The third-order valence-electron chi connectivity index (χ3n) is 7.57. The van der Waals surface area contributed by atoms with Crippen molar-refractivity contribution in [1.29, 1.82) is 0 Å². The molecular formula is C31H62N2. The van der Waals surface area contributed by atoms with Crippen molar-refractivity contribution in [2.24, 2.45) is 0 Å². The molecular weight excluding hydrogens is 400 g/mol. The molecule has 0 fully saturated rings. The first-order valence-electron chi connectivity index (χ1n) is 15.5. The van der Waals surface area contributed by atoms with Crippen molar-refractivity contribution in [3.63, 3.8) is 0 Å². The fourth-order valence-electron chi connectivity index (χ4n) is 5.30. The van der Waals surface area contributed by atoms with Crippen LogP contribution in [0, 0.1) is 0 Å². The van der Waals surface area contributed by atoms with Crippen molar-refractivity contribution in [2.45, 2.75) is 175 Å². The number of rotatable bonds is 25. The van der Waals surface area contributed by atoms with Crippen molar-refractivity contribution in [2.75, 3.05) is 13.1 Å². The van der Waals surface area contributed by atoms with Gasteiger partial charge in [0.15, 0.2) is 0 Å². The molecule has 0 saturated heterocycles. The molecule has 33 heavy (non-hydrogen) atoms. The third-order valence-corrected chi connectivity index (χ3v) is 7.57. The SMILES string of the molecule is CCCCCCCCCCCCCCCCCN1C=CN(CCCCCC)C1CCCCC. The number of hydrogen-bond acceptors (Lipinski definition) is 2. The third kappa shape index (κ3) is 16.6. The van der Waals surface area contributed by atoms with E-state index in [0.29, 0.717) is 6.17 Å². The van der Waals surface area contributed by atoms with E-state index in [1.54, 1.807) is 0 Å². The summed E-state index contributed by atoms with van der Waals surface area (Å²) in [6.45, 7) is 9.45. The molecule has 0 aliphatic carbocycles. The molecule has 0 aromatic rings. The summed E-state index contributed by atoms with van der Waals surface area (Å²) in [5.74, 6) is 0. The summed E-state index contributed by atoms with van der Waals surface area (Å²) in [6.07, 6.45) is 38.1. The Bertz CT molecular complexity index is 419. The Morgan fingerprint density at radius 2 is 0.697 bits per heavy atom. The molecule has 0 amide bonds. The molecule has 1 atom stereocenters. The minimum Gasteiger partial charge on any atom is -0.356 e. The highest BCUT2D eigenvalue weighted by Gasteiger charge is 2.24. The summed E-state index contributed by atoms with van der Waals surface area (Å²) in [4.78, 5) is 5.31. The molecule has 1 unspecified atom stereocenters. The molecule has 196 valence electrons. The van der Waals surface area contributed by atoms with E-state index in [4.69, 9.17) is 0 Å². The van der Waals surface area contributed by atoms with Gasteiger partial charge in [-0.1, -0.05) is 143 Å². The highest BCUT2D eigenvalue weighted by atomic mass is 15.4. The first kappa shape index (κ1) is 30.4. The van der Waals surface area contributed by atoms with Crippen molar-refractivity contribution in [3.8, 4) is 0 Å². The lowest BCUT2D eigenvalue weighted by molar-refractivity contribution is 0.136. The van der Waals surface area contributed by atoms with Crippen molar-refractivity contribution in [1.82, 2.24) is 9.80 Å². The van der Waals surface area contributed by atoms with Gasteiger partial charge in [-0.2, -0.15) is 0 Å². The topological polar surface area (TPSA) is 6.48 Å². The van der Waals surface area contributed by atoms with E-state index in [1.807, 2.05) is 0 Å². The zero-order valence-corrected chi connectivity index (χ0v) is 23.3. The average molecular weight is 463 g/mol. The summed E-state index contributed by atoms with van der Waals surface area (Å²) in [6, 6.07) is 0. The molecule has 0 bridgehead atoms. The number of unbranched alkanes of at least 4 members (excludes halogenated alkanes) is 19. The smallest absolute Gasteiger partial charge is 0.101 e. The molecule has 0 radical (unpaired) electrons. The summed E-state index contributed by atoms with van der Waals surface area (Å²) in [5, 5.41) is 0. The van der Waals surface area contributed by atoms with E-state index < -0.39 is 0 Å². The Hall–Kier alpha value is -0.660. The first-order chi connectivity index (χ1) is 16.3. The molecule has 2 nitrogen and oxygen atoms in total. The van der Waals surface area contributed by atoms with Gasteiger partial charge in [0.1, 0.15) is 6.17 Å². The van der Waals surface area contributed by atoms with Crippen LogP contribution in [0.25, 0.3) is 0 Å². The number of nitrogens with zero attached hydrogens (tertiary/aromatic N) is 2. The summed E-state index contributed by atoms with van der Waals surface area (Å²) in [7, 11) is 0. The first-order valence-corrected chi connectivity index (χ1v) is 15.5.